The zero-order valence-electron chi connectivity index (χ0n) is 17.7. The molecule has 156 valence electrons. The predicted octanol–water partition coefficient (Wildman–Crippen LogP) is 5.14. The maximum atomic E-state index is 13.1. The average molecular weight is 412 g/mol. The van der Waals surface area contributed by atoms with Crippen molar-refractivity contribution >= 4 is 23.3 Å². The highest BCUT2D eigenvalue weighted by Gasteiger charge is 2.47. The number of Topliss-reactive ketones (excluding diaryl/α,β-unsaturated/α-hetero) is 1. The Hall–Kier alpha value is -3.73. The molecule has 1 aliphatic rings. The fraction of sp³-hybridized carbons (Fsp3) is 0.192. The van der Waals surface area contributed by atoms with Crippen LogP contribution in [0.5, 0.6) is 0 Å². The van der Waals surface area contributed by atoms with Gasteiger partial charge in [0.1, 0.15) is 11.6 Å². The lowest BCUT2D eigenvalue weighted by Gasteiger charge is -2.24. The third-order valence-electron chi connectivity index (χ3n) is 5.58. The van der Waals surface area contributed by atoms with Crippen molar-refractivity contribution in [3.63, 3.8) is 0 Å². The average Bonchev–Trinajstić information content (AvgIpc) is 3.05. The molecule has 5 nitrogen and oxygen atoms in total. The number of rotatable bonds is 4. The Morgan fingerprint density at radius 3 is 2.23 bits per heavy atom. The minimum Gasteiger partial charge on any atom is -0.507 e. The van der Waals surface area contributed by atoms with E-state index in [4.69, 9.17) is 0 Å². The molecular weight excluding hydrogens is 388 g/mol. The summed E-state index contributed by atoms with van der Waals surface area (Å²) in [5.41, 5.74) is 3.48. The van der Waals surface area contributed by atoms with E-state index in [0.29, 0.717) is 17.3 Å². The highest BCUT2D eigenvalue weighted by Crippen LogP contribution is 2.41. The zero-order valence-corrected chi connectivity index (χ0v) is 17.7. The van der Waals surface area contributed by atoms with Crippen molar-refractivity contribution < 1.29 is 14.7 Å². The number of anilines is 1. The van der Waals surface area contributed by atoms with Gasteiger partial charge < -0.3 is 5.11 Å². The van der Waals surface area contributed by atoms with Gasteiger partial charge >= 0.3 is 5.91 Å². The minimum atomic E-state index is -0.766. The van der Waals surface area contributed by atoms with E-state index in [1.165, 1.54) is 4.90 Å². The summed E-state index contributed by atoms with van der Waals surface area (Å²) in [6, 6.07) is 19.4. The molecule has 2 aromatic carbocycles. The van der Waals surface area contributed by atoms with Gasteiger partial charge in [-0.15, -0.1) is 0 Å². The Bertz CT molecular complexity index is 1150. The van der Waals surface area contributed by atoms with Crippen LogP contribution >= 0.6 is 0 Å². The van der Waals surface area contributed by atoms with Gasteiger partial charge in [-0.25, -0.2) is 4.98 Å². The van der Waals surface area contributed by atoms with E-state index in [0.717, 1.165) is 16.7 Å². The lowest BCUT2D eigenvalue weighted by atomic mass is 9.93. The molecule has 0 saturated carbocycles. The van der Waals surface area contributed by atoms with Gasteiger partial charge in [0.2, 0.25) is 0 Å². The summed E-state index contributed by atoms with van der Waals surface area (Å²) in [7, 11) is 0. The van der Waals surface area contributed by atoms with Gasteiger partial charge in [-0.3, -0.25) is 14.5 Å². The first-order chi connectivity index (χ1) is 14.9. The highest BCUT2D eigenvalue weighted by molar-refractivity contribution is 6.51. The number of amides is 1. The molecule has 0 bridgehead atoms. The van der Waals surface area contributed by atoms with Crippen molar-refractivity contribution in [1.29, 1.82) is 0 Å². The lowest BCUT2D eigenvalue weighted by molar-refractivity contribution is -0.132. The third-order valence-corrected chi connectivity index (χ3v) is 5.58. The Balaban J connectivity index is 1.91. The minimum absolute atomic E-state index is 0.0665. The molecule has 0 aliphatic carbocycles. The number of hydrogen-bond acceptors (Lipinski definition) is 4. The topological polar surface area (TPSA) is 70.5 Å². The predicted molar refractivity (Wildman–Crippen MR) is 121 cm³/mol. The summed E-state index contributed by atoms with van der Waals surface area (Å²) < 4.78 is 0. The van der Waals surface area contributed by atoms with Gasteiger partial charge in [0.05, 0.1) is 11.6 Å². The first-order valence-electron chi connectivity index (χ1n) is 10.3. The normalized spacial score (nSPS) is 18.1. The Labute approximate surface area is 181 Å². The second-order valence-electron chi connectivity index (χ2n) is 8.04. The first kappa shape index (κ1) is 20.5. The molecule has 0 spiro atoms. The van der Waals surface area contributed by atoms with E-state index in [2.05, 4.69) is 18.8 Å². The summed E-state index contributed by atoms with van der Waals surface area (Å²) >= 11 is 0. The fourth-order valence-corrected chi connectivity index (χ4v) is 3.81. The molecule has 5 heteroatoms. The molecule has 0 unspecified atom stereocenters. The van der Waals surface area contributed by atoms with Crippen molar-refractivity contribution in [3.05, 3.63) is 101 Å². The van der Waals surface area contributed by atoms with Gasteiger partial charge in [0, 0.05) is 11.8 Å². The van der Waals surface area contributed by atoms with Crippen LogP contribution in [0.4, 0.5) is 5.82 Å². The molecule has 1 N–H and O–H groups in total. The molecule has 4 rings (SSSR count). The van der Waals surface area contributed by atoms with Crippen LogP contribution in [-0.4, -0.2) is 21.8 Å². The number of aliphatic hydroxyl groups is 1. The van der Waals surface area contributed by atoms with Crippen molar-refractivity contribution in [2.24, 2.45) is 0 Å². The van der Waals surface area contributed by atoms with Crippen LogP contribution in [0.15, 0.2) is 78.5 Å². The smallest absolute Gasteiger partial charge is 0.301 e. The van der Waals surface area contributed by atoms with Crippen LogP contribution in [0, 0.1) is 6.92 Å². The number of benzene rings is 2. The van der Waals surface area contributed by atoms with Gasteiger partial charge in [0.25, 0.3) is 5.78 Å². The molecule has 1 amide bonds. The lowest BCUT2D eigenvalue weighted by Crippen LogP contribution is -2.30. The number of aryl methyl sites for hydroxylation is 1. The van der Waals surface area contributed by atoms with Crippen LogP contribution in [0.2, 0.25) is 0 Å². The molecule has 2 heterocycles. The number of aromatic nitrogens is 1. The molecular formula is C26H24N2O3. The largest absolute Gasteiger partial charge is 0.507 e. The number of nitrogens with zero attached hydrogens (tertiary/aromatic N) is 2. The fourth-order valence-electron chi connectivity index (χ4n) is 3.81. The summed E-state index contributed by atoms with van der Waals surface area (Å²) in [5, 5.41) is 11.1. The molecule has 3 aromatic rings. The maximum Gasteiger partial charge on any atom is 0.301 e. The van der Waals surface area contributed by atoms with Gasteiger partial charge in [0.15, 0.2) is 0 Å². The van der Waals surface area contributed by atoms with Crippen molar-refractivity contribution in [3.8, 4) is 0 Å². The monoisotopic (exact) mass is 412 g/mol. The van der Waals surface area contributed by atoms with Crippen molar-refractivity contribution in [2.45, 2.75) is 32.7 Å². The number of carbonyl (C=O) groups is 2. The van der Waals surface area contributed by atoms with Crippen LogP contribution in [0.3, 0.4) is 0 Å². The Kier molecular flexibility index (Phi) is 5.42. The number of aliphatic hydroxyl groups excluding tert-OH is 1. The molecule has 1 saturated heterocycles. The molecule has 0 radical (unpaired) electrons. The molecule has 31 heavy (non-hydrogen) atoms. The van der Waals surface area contributed by atoms with Crippen LogP contribution in [0.25, 0.3) is 5.76 Å². The Morgan fingerprint density at radius 2 is 1.65 bits per heavy atom. The van der Waals surface area contributed by atoms with E-state index >= 15 is 0 Å². The van der Waals surface area contributed by atoms with E-state index in [-0.39, 0.29) is 11.3 Å². The molecule has 1 aromatic heterocycles. The maximum absolute atomic E-state index is 13.1. The van der Waals surface area contributed by atoms with Crippen LogP contribution in [0.1, 0.15) is 48.1 Å². The Morgan fingerprint density at radius 1 is 0.968 bits per heavy atom. The quantitative estimate of drug-likeness (QED) is 0.366. The number of carbonyl (C=O) groups excluding carboxylic acids is 2. The summed E-state index contributed by atoms with van der Waals surface area (Å²) in [5.74, 6) is -0.893. The van der Waals surface area contributed by atoms with Gasteiger partial charge in [-0.05, 0) is 36.1 Å². The third kappa shape index (κ3) is 3.75. The summed E-state index contributed by atoms with van der Waals surface area (Å²) in [6.45, 7) is 6.15. The SMILES string of the molecule is Cc1ccc(/C(O)=C2\C(=O)C(=O)N(c3ccccn3)[C@H]2c2ccc(C(C)C)cc2)cc1. The molecule has 1 fully saturated rings. The summed E-state index contributed by atoms with van der Waals surface area (Å²) in [4.78, 5) is 31.8. The van der Waals surface area contributed by atoms with E-state index in [9.17, 15) is 14.7 Å². The zero-order chi connectivity index (χ0) is 22.1. The number of hydrogen-bond donors (Lipinski definition) is 1. The van der Waals surface area contributed by atoms with Gasteiger partial charge in [-0.2, -0.15) is 0 Å². The van der Waals surface area contributed by atoms with Crippen molar-refractivity contribution in [2.75, 3.05) is 4.90 Å². The van der Waals surface area contributed by atoms with Crippen LogP contribution < -0.4 is 4.90 Å². The second kappa shape index (κ2) is 8.19. The standard InChI is InChI=1S/C26H24N2O3/c1-16(2)18-11-13-19(14-12-18)23-22(24(29)20-9-7-17(3)8-10-20)25(30)26(31)28(23)21-6-4-5-15-27-21/h4-16,23,29H,1-3H3/b24-22+/t23-/m0/s1. The summed E-state index contributed by atoms with van der Waals surface area (Å²) in [6.07, 6.45) is 1.58. The van der Waals surface area contributed by atoms with E-state index < -0.39 is 17.7 Å². The highest BCUT2D eigenvalue weighted by atomic mass is 16.3. The second-order valence-corrected chi connectivity index (χ2v) is 8.04. The van der Waals surface area contributed by atoms with E-state index in [1.807, 2.05) is 43.3 Å². The van der Waals surface area contributed by atoms with Crippen molar-refractivity contribution in [1.82, 2.24) is 4.98 Å². The molecule has 1 atom stereocenters. The van der Waals surface area contributed by atoms with E-state index in [1.54, 1.807) is 36.5 Å². The number of ketones is 1. The number of pyridine rings is 1. The van der Waals surface area contributed by atoms with Crippen LogP contribution in [-0.2, 0) is 9.59 Å². The molecule has 1 aliphatic heterocycles. The first-order valence-corrected chi connectivity index (χ1v) is 10.3. The van der Waals surface area contributed by atoms with Gasteiger partial charge in [-0.1, -0.05) is 74.0 Å².